The average molecular weight is 610 g/mol. The fourth-order valence-electron chi connectivity index (χ4n) is 7.93. The minimum absolute atomic E-state index is 0.219. The molecule has 0 heterocycles. The van der Waals surface area contributed by atoms with Gasteiger partial charge in [0.05, 0.1) is 0 Å². The number of anilines is 2. The van der Waals surface area contributed by atoms with Crippen molar-refractivity contribution in [2.75, 3.05) is 5.32 Å². The van der Waals surface area contributed by atoms with Gasteiger partial charge in [0, 0.05) is 23.2 Å². The molecule has 0 bridgehead atoms. The minimum Gasteiger partial charge on any atom is -0.356 e. The van der Waals surface area contributed by atoms with E-state index in [0.717, 1.165) is 24.2 Å². The summed E-state index contributed by atoms with van der Waals surface area (Å²) >= 11 is 0. The SMILES string of the molecule is CCC(C)(CC)c1ccc(C2=c3ccccc3=C(c3ccc(Nc4cccc(-c5ccc6c(c5)CC6)c4)cc3)C3C=CC=CC23)cc1. The van der Waals surface area contributed by atoms with E-state index in [9.17, 15) is 0 Å². The Balaban J connectivity index is 1.16. The lowest BCUT2D eigenvalue weighted by Crippen LogP contribution is -2.40. The van der Waals surface area contributed by atoms with E-state index in [1.807, 2.05) is 0 Å². The third-order valence-electron chi connectivity index (χ3n) is 11.3. The highest BCUT2D eigenvalue weighted by atomic mass is 14.9. The van der Waals surface area contributed by atoms with E-state index < -0.39 is 0 Å². The van der Waals surface area contributed by atoms with E-state index in [1.165, 1.54) is 73.4 Å². The Kier molecular flexibility index (Phi) is 7.57. The number of benzene rings is 5. The maximum absolute atomic E-state index is 3.67. The van der Waals surface area contributed by atoms with Crippen LogP contribution in [0.25, 0.3) is 22.3 Å². The average Bonchev–Trinajstić information content (AvgIpc) is 3.11. The molecule has 0 amide bonds. The van der Waals surface area contributed by atoms with Crippen molar-refractivity contribution in [3.63, 3.8) is 0 Å². The highest BCUT2D eigenvalue weighted by Crippen LogP contribution is 2.41. The number of hydrogen-bond acceptors (Lipinski definition) is 1. The van der Waals surface area contributed by atoms with Crippen molar-refractivity contribution in [3.05, 3.63) is 178 Å². The van der Waals surface area contributed by atoms with Crippen LogP contribution in [0.2, 0.25) is 0 Å². The molecule has 5 aromatic carbocycles. The molecule has 2 unspecified atom stereocenters. The first-order valence-corrected chi connectivity index (χ1v) is 17.4. The van der Waals surface area contributed by atoms with Gasteiger partial charge in [0.15, 0.2) is 0 Å². The van der Waals surface area contributed by atoms with Crippen molar-refractivity contribution >= 4 is 22.5 Å². The maximum atomic E-state index is 3.67. The molecule has 1 nitrogen and oxygen atoms in total. The largest absolute Gasteiger partial charge is 0.356 e. The number of allylic oxidation sites excluding steroid dienone is 4. The van der Waals surface area contributed by atoms with Crippen LogP contribution in [0, 0.1) is 11.8 Å². The van der Waals surface area contributed by atoms with E-state index in [1.54, 1.807) is 0 Å². The number of rotatable bonds is 8. The summed E-state index contributed by atoms with van der Waals surface area (Å²) in [6.45, 7) is 7.00. The van der Waals surface area contributed by atoms with Gasteiger partial charge in [0.2, 0.25) is 0 Å². The van der Waals surface area contributed by atoms with Gasteiger partial charge in [-0.25, -0.2) is 0 Å². The molecule has 2 atom stereocenters. The first-order chi connectivity index (χ1) is 23.0. The van der Waals surface area contributed by atoms with Gasteiger partial charge in [-0.05, 0) is 116 Å². The molecule has 0 aromatic heterocycles. The van der Waals surface area contributed by atoms with Gasteiger partial charge in [-0.15, -0.1) is 0 Å². The van der Waals surface area contributed by atoms with Crippen molar-refractivity contribution in [2.24, 2.45) is 11.8 Å². The predicted molar refractivity (Wildman–Crippen MR) is 199 cm³/mol. The molecule has 0 aliphatic heterocycles. The highest BCUT2D eigenvalue weighted by Gasteiger charge is 2.32. The second kappa shape index (κ2) is 12.0. The fraction of sp³-hybridized carbons (Fsp3) is 0.217. The van der Waals surface area contributed by atoms with Gasteiger partial charge in [-0.1, -0.05) is 136 Å². The van der Waals surface area contributed by atoms with Crippen LogP contribution in [0.15, 0.2) is 140 Å². The number of aryl methyl sites for hydroxylation is 2. The summed E-state index contributed by atoms with van der Waals surface area (Å²) < 4.78 is 0. The molecule has 8 rings (SSSR count). The smallest absolute Gasteiger partial charge is 0.0390 e. The monoisotopic (exact) mass is 609 g/mol. The quantitative estimate of drug-likeness (QED) is 0.185. The predicted octanol–water partition coefficient (Wildman–Crippen LogP) is 10.0. The van der Waals surface area contributed by atoms with Crippen LogP contribution in [-0.2, 0) is 18.3 Å². The Morgan fingerprint density at radius 3 is 1.70 bits per heavy atom. The van der Waals surface area contributed by atoms with E-state index in [-0.39, 0.29) is 17.3 Å². The molecule has 0 spiro atoms. The summed E-state index contributed by atoms with van der Waals surface area (Å²) in [6.07, 6.45) is 14.0. The molecule has 3 aliphatic rings. The summed E-state index contributed by atoms with van der Waals surface area (Å²) in [7, 11) is 0. The Labute approximate surface area is 279 Å². The second-order valence-corrected chi connectivity index (χ2v) is 13.8. The van der Waals surface area contributed by atoms with Crippen LogP contribution >= 0.6 is 0 Å². The Hall–Kier alpha value is -4.88. The molecular formula is C46H43N. The van der Waals surface area contributed by atoms with E-state index >= 15 is 0 Å². The topological polar surface area (TPSA) is 12.0 Å². The van der Waals surface area contributed by atoms with Gasteiger partial charge >= 0.3 is 0 Å². The van der Waals surface area contributed by atoms with Crippen LogP contribution in [0.5, 0.6) is 0 Å². The molecule has 5 aromatic rings. The first-order valence-electron chi connectivity index (χ1n) is 17.4. The molecule has 0 saturated carbocycles. The third kappa shape index (κ3) is 5.28. The molecule has 3 aliphatic carbocycles. The summed E-state index contributed by atoms with van der Waals surface area (Å²) in [5.41, 5.74) is 14.9. The molecular weight excluding hydrogens is 567 g/mol. The number of hydrogen-bond donors (Lipinski definition) is 1. The zero-order valence-corrected chi connectivity index (χ0v) is 27.8. The van der Waals surface area contributed by atoms with Crippen LogP contribution < -0.4 is 15.8 Å². The Bertz CT molecular complexity index is 2140. The number of fused-ring (bicyclic) bond motifs is 3. The van der Waals surface area contributed by atoms with Gasteiger partial charge < -0.3 is 5.32 Å². The molecule has 0 fully saturated rings. The number of nitrogens with one attached hydrogen (secondary N) is 1. The standard InChI is InChI=1S/C46H43N/c1-4-46(3,5-2)37-25-21-32(22-26-37)44-40-13-6-8-15-42(40)45(43-16-9-7-14-41(43)44)33-23-27-38(28-24-33)47-39-12-10-11-34(30-39)36-20-18-31-17-19-35(31)29-36/h6-16,18,20-30,40,42,47H,4-5,17,19H2,1-3H3. The fourth-order valence-corrected chi connectivity index (χ4v) is 7.93. The summed E-state index contributed by atoms with van der Waals surface area (Å²) in [4.78, 5) is 0. The van der Waals surface area contributed by atoms with Gasteiger partial charge in [-0.3, -0.25) is 0 Å². The van der Waals surface area contributed by atoms with Gasteiger partial charge in [0.1, 0.15) is 0 Å². The van der Waals surface area contributed by atoms with Crippen LogP contribution in [0.1, 0.15) is 61.4 Å². The summed E-state index contributed by atoms with van der Waals surface area (Å²) in [5, 5.41) is 6.36. The van der Waals surface area contributed by atoms with E-state index in [2.05, 4.69) is 166 Å². The molecule has 0 radical (unpaired) electrons. The van der Waals surface area contributed by atoms with Crippen molar-refractivity contribution in [2.45, 2.75) is 51.9 Å². The minimum atomic E-state index is 0.219. The summed E-state index contributed by atoms with van der Waals surface area (Å²) in [5.74, 6) is 0.565. The Morgan fingerprint density at radius 1 is 0.553 bits per heavy atom. The van der Waals surface area contributed by atoms with Crippen LogP contribution in [0.3, 0.4) is 0 Å². The van der Waals surface area contributed by atoms with Crippen LogP contribution in [-0.4, -0.2) is 0 Å². The van der Waals surface area contributed by atoms with Crippen molar-refractivity contribution < 1.29 is 0 Å². The van der Waals surface area contributed by atoms with E-state index in [4.69, 9.17) is 0 Å². The first kappa shape index (κ1) is 29.5. The molecule has 1 N–H and O–H groups in total. The summed E-state index contributed by atoms with van der Waals surface area (Å²) in [6, 6.07) is 43.3. The lowest BCUT2D eigenvalue weighted by atomic mass is 9.70. The van der Waals surface area contributed by atoms with Crippen molar-refractivity contribution in [3.8, 4) is 11.1 Å². The lowest BCUT2D eigenvalue weighted by molar-refractivity contribution is 0.439. The maximum Gasteiger partial charge on any atom is 0.0390 e. The molecule has 1 heteroatoms. The third-order valence-corrected chi connectivity index (χ3v) is 11.3. The van der Waals surface area contributed by atoms with E-state index in [0.29, 0.717) is 0 Å². The lowest BCUT2D eigenvalue weighted by Gasteiger charge is -2.34. The second-order valence-electron chi connectivity index (χ2n) is 13.8. The Morgan fingerprint density at radius 2 is 1.13 bits per heavy atom. The normalized spacial score (nSPS) is 17.9. The van der Waals surface area contributed by atoms with Crippen molar-refractivity contribution in [1.29, 1.82) is 0 Å². The van der Waals surface area contributed by atoms with Crippen LogP contribution in [0.4, 0.5) is 11.4 Å². The van der Waals surface area contributed by atoms with Gasteiger partial charge in [0.25, 0.3) is 0 Å². The molecule has 0 saturated heterocycles. The molecule has 47 heavy (non-hydrogen) atoms. The zero-order valence-electron chi connectivity index (χ0n) is 27.8. The molecule has 232 valence electrons. The zero-order chi connectivity index (χ0) is 32.0. The van der Waals surface area contributed by atoms with Gasteiger partial charge in [-0.2, -0.15) is 0 Å². The highest BCUT2D eigenvalue weighted by molar-refractivity contribution is 5.82. The van der Waals surface area contributed by atoms with Crippen molar-refractivity contribution in [1.82, 2.24) is 0 Å².